The summed E-state index contributed by atoms with van der Waals surface area (Å²) in [5.74, 6) is 0. The Labute approximate surface area is 99.8 Å². The molecule has 0 saturated carbocycles. The van der Waals surface area contributed by atoms with Crippen LogP contribution >= 0.6 is 0 Å². The highest BCUT2D eigenvalue weighted by Gasteiger charge is 2.47. The maximum absolute atomic E-state index is 9.87. The van der Waals surface area contributed by atoms with E-state index in [1.807, 2.05) is 0 Å². The quantitative estimate of drug-likeness (QED) is 0.478. The first-order valence-corrected chi connectivity index (χ1v) is 6.06. The third-order valence-electron chi connectivity index (χ3n) is 3.52. The van der Waals surface area contributed by atoms with Crippen molar-refractivity contribution in [3.8, 4) is 0 Å². The summed E-state index contributed by atoms with van der Waals surface area (Å²) in [4.78, 5) is 0. The van der Waals surface area contributed by atoms with Gasteiger partial charge in [0.25, 0.3) is 0 Å². The Morgan fingerprint density at radius 1 is 1.00 bits per heavy atom. The SMILES string of the molecule is OCC[C@H]1O[C@H]([C@@H]2CC[C@@H](CO)O2)[C@H](O)[C@H]1O. The predicted octanol–water partition coefficient (Wildman–Crippen LogP) is -1.60. The van der Waals surface area contributed by atoms with Crippen LogP contribution in [0, 0.1) is 0 Å². The molecule has 2 aliphatic heterocycles. The molecule has 0 spiro atoms. The molecule has 0 aromatic heterocycles. The molecule has 2 aliphatic rings. The van der Waals surface area contributed by atoms with Gasteiger partial charge in [-0.2, -0.15) is 0 Å². The maximum Gasteiger partial charge on any atom is 0.113 e. The van der Waals surface area contributed by atoms with E-state index in [4.69, 9.17) is 19.7 Å². The van der Waals surface area contributed by atoms with Crippen molar-refractivity contribution in [3.63, 3.8) is 0 Å². The van der Waals surface area contributed by atoms with Crippen molar-refractivity contribution >= 4 is 0 Å². The van der Waals surface area contributed by atoms with Crippen LogP contribution in [0.1, 0.15) is 19.3 Å². The molecule has 0 aromatic rings. The second kappa shape index (κ2) is 5.60. The van der Waals surface area contributed by atoms with Crippen LogP contribution in [-0.2, 0) is 9.47 Å². The van der Waals surface area contributed by atoms with Gasteiger partial charge in [0.15, 0.2) is 0 Å². The third kappa shape index (κ3) is 2.62. The molecule has 6 nitrogen and oxygen atoms in total. The van der Waals surface area contributed by atoms with Crippen LogP contribution in [0.25, 0.3) is 0 Å². The molecule has 0 unspecified atom stereocenters. The molecule has 100 valence electrons. The number of aliphatic hydroxyl groups excluding tert-OH is 4. The lowest BCUT2D eigenvalue weighted by Crippen LogP contribution is -2.39. The molecular formula is C11H20O6. The van der Waals surface area contributed by atoms with Crippen LogP contribution in [-0.4, -0.2) is 70.3 Å². The van der Waals surface area contributed by atoms with Gasteiger partial charge < -0.3 is 29.9 Å². The van der Waals surface area contributed by atoms with Crippen molar-refractivity contribution < 1.29 is 29.9 Å². The van der Waals surface area contributed by atoms with Crippen LogP contribution in [0.2, 0.25) is 0 Å². The maximum atomic E-state index is 9.87. The van der Waals surface area contributed by atoms with E-state index in [1.165, 1.54) is 0 Å². The molecule has 2 rings (SSSR count). The van der Waals surface area contributed by atoms with Gasteiger partial charge in [0.1, 0.15) is 18.3 Å². The standard InChI is InChI=1S/C11H20O6/c12-4-3-7-9(14)10(15)11(17-7)8-2-1-6(5-13)16-8/h6-15H,1-5H2/t6-,7+,8-,9-,10+,11+/m0/s1. The number of hydrogen-bond acceptors (Lipinski definition) is 6. The van der Waals surface area contributed by atoms with Gasteiger partial charge in [-0.15, -0.1) is 0 Å². The lowest BCUT2D eigenvalue weighted by Gasteiger charge is -2.21. The molecule has 6 heteroatoms. The summed E-state index contributed by atoms with van der Waals surface area (Å²) >= 11 is 0. The number of hydrogen-bond donors (Lipinski definition) is 4. The first kappa shape index (κ1) is 13.2. The van der Waals surface area contributed by atoms with E-state index in [-0.39, 0.29) is 25.4 Å². The molecule has 2 saturated heterocycles. The lowest BCUT2D eigenvalue weighted by molar-refractivity contribution is -0.0981. The second-order valence-corrected chi connectivity index (χ2v) is 4.69. The van der Waals surface area contributed by atoms with Gasteiger partial charge >= 0.3 is 0 Å². The van der Waals surface area contributed by atoms with E-state index in [1.54, 1.807) is 0 Å². The van der Waals surface area contributed by atoms with E-state index < -0.39 is 24.4 Å². The molecule has 4 N–H and O–H groups in total. The van der Waals surface area contributed by atoms with Gasteiger partial charge in [-0.05, 0) is 19.3 Å². The molecule has 6 atom stereocenters. The van der Waals surface area contributed by atoms with Gasteiger partial charge in [-0.1, -0.05) is 0 Å². The van der Waals surface area contributed by atoms with Crippen molar-refractivity contribution in [2.45, 2.75) is 55.9 Å². The molecule has 0 radical (unpaired) electrons. The fraction of sp³-hybridized carbons (Fsp3) is 1.00. The zero-order chi connectivity index (χ0) is 12.4. The number of rotatable bonds is 4. The molecule has 0 amide bonds. The molecular weight excluding hydrogens is 228 g/mol. The first-order valence-electron chi connectivity index (χ1n) is 6.06. The van der Waals surface area contributed by atoms with Gasteiger partial charge in [-0.25, -0.2) is 0 Å². The highest BCUT2D eigenvalue weighted by molar-refractivity contribution is 4.96. The summed E-state index contributed by atoms with van der Waals surface area (Å²) in [6, 6.07) is 0. The van der Waals surface area contributed by atoms with Crippen LogP contribution in [0.5, 0.6) is 0 Å². The van der Waals surface area contributed by atoms with Gasteiger partial charge in [0.05, 0.1) is 24.9 Å². The minimum atomic E-state index is -0.992. The van der Waals surface area contributed by atoms with Crippen LogP contribution < -0.4 is 0 Å². The summed E-state index contributed by atoms with van der Waals surface area (Å²) in [6.45, 7) is -0.131. The zero-order valence-electron chi connectivity index (χ0n) is 9.60. The Kier molecular flexibility index (Phi) is 4.35. The predicted molar refractivity (Wildman–Crippen MR) is 57.4 cm³/mol. The summed E-state index contributed by atoms with van der Waals surface area (Å²) in [5, 5.41) is 37.4. The third-order valence-corrected chi connectivity index (χ3v) is 3.52. The fourth-order valence-electron chi connectivity index (χ4n) is 2.56. The molecule has 0 aliphatic carbocycles. The van der Waals surface area contributed by atoms with Gasteiger partial charge in [-0.3, -0.25) is 0 Å². The molecule has 0 aromatic carbocycles. The van der Waals surface area contributed by atoms with Crippen LogP contribution in [0.15, 0.2) is 0 Å². The fourth-order valence-corrected chi connectivity index (χ4v) is 2.56. The molecule has 2 heterocycles. The second-order valence-electron chi connectivity index (χ2n) is 4.69. The Hall–Kier alpha value is -0.240. The first-order chi connectivity index (χ1) is 8.17. The topological polar surface area (TPSA) is 99.4 Å². The molecule has 0 bridgehead atoms. The average Bonchev–Trinajstić information content (AvgIpc) is 2.89. The number of ether oxygens (including phenoxy) is 2. The summed E-state index contributed by atoms with van der Waals surface area (Å²) < 4.78 is 11.1. The van der Waals surface area contributed by atoms with Crippen LogP contribution in [0.3, 0.4) is 0 Å². The van der Waals surface area contributed by atoms with E-state index in [9.17, 15) is 10.2 Å². The monoisotopic (exact) mass is 248 g/mol. The van der Waals surface area contributed by atoms with E-state index in [0.717, 1.165) is 6.42 Å². The van der Waals surface area contributed by atoms with Crippen molar-refractivity contribution in [1.82, 2.24) is 0 Å². The normalized spacial score (nSPS) is 46.6. The smallest absolute Gasteiger partial charge is 0.113 e. The Morgan fingerprint density at radius 3 is 2.35 bits per heavy atom. The zero-order valence-corrected chi connectivity index (χ0v) is 9.60. The molecule has 17 heavy (non-hydrogen) atoms. The Bertz CT molecular complexity index is 248. The van der Waals surface area contributed by atoms with Gasteiger partial charge in [0.2, 0.25) is 0 Å². The average molecular weight is 248 g/mol. The van der Waals surface area contributed by atoms with Crippen LogP contribution in [0.4, 0.5) is 0 Å². The highest BCUT2D eigenvalue weighted by Crippen LogP contribution is 2.32. The lowest BCUT2D eigenvalue weighted by atomic mass is 10.0. The van der Waals surface area contributed by atoms with Gasteiger partial charge in [0, 0.05) is 6.61 Å². The highest BCUT2D eigenvalue weighted by atomic mass is 16.6. The largest absolute Gasteiger partial charge is 0.396 e. The Morgan fingerprint density at radius 2 is 1.76 bits per heavy atom. The summed E-state index contributed by atoms with van der Waals surface area (Å²) in [6.07, 6.45) is -1.86. The van der Waals surface area contributed by atoms with Crippen molar-refractivity contribution in [2.75, 3.05) is 13.2 Å². The van der Waals surface area contributed by atoms with Crippen molar-refractivity contribution in [3.05, 3.63) is 0 Å². The minimum absolute atomic E-state index is 0.0397. The van der Waals surface area contributed by atoms with E-state index in [2.05, 4.69) is 0 Å². The van der Waals surface area contributed by atoms with Crippen molar-refractivity contribution in [2.24, 2.45) is 0 Å². The molecule has 2 fully saturated rings. The minimum Gasteiger partial charge on any atom is -0.396 e. The van der Waals surface area contributed by atoms with E-state index >= 15 is 0 Å². The summed E-state index contributed by atoms with van der Waals surface area (Å²) in [7, 11) is 0. The van der Waals surface area contributed by atoms with Crippen molar-refractivity contribution in [1.29, 1.82) is 0 Å². The van der Waals surface area contributed by atoms with E-state index in [0.29, 0.717) is 12.8 Å². The Balaban J connectivity index is 1.93. The summed E-state index contributed by atoms with van der Waals surface area (Å²) in [5.41, 5.74) is 0. The number of aliphatic hydroxyl groups is 4.